The highest BCUT2D eigenvalue weighted by atomic mass is 28.4. The van der Waals surface area contributed by atoms with Crippen LogP contribution in [0, 0.1) is 0 Å². The summed E-state index contributed by atoms with van der Waals surface area (Å²) in [5.41, 5.74) is 0. The van der Waals surface area contributed by atoms with E-state index in [1.165, 1.54) is 89.9 Å². The highest BCUT2D eigenvalue weighted by molar-refractivity contribution is 6.69. The number of carbonyl (C=O) groups excluding carboxylic acids is 1. The summed E-state index contributed by atoms with van der Waals surface area (Å²) in [7, 11) is -1.44. The van der Waals surface area contributed by atoms with Crippen molar-refractivity contribution in [1.29, 1.82) is 0 Å². The summed E-state index contributed by atoms with van der Waals surface area (Å²) >= 11 is 0. The lowest BCUT2D eigenvalue weighted by Gasteiger charge is -2.17. The van der Waals surface area contributed by atoms with Gasteiger partial charge in [0.15, 0.2) is 8.32 Å². The summed E-state index contributed by atoms with van der Waals surface area (Å²) in [6.45, 7) is 10.1. The summed E-state index contributed by atoms with van der Waals surface area (Å²) in [5.74, 6) is 0.184. The van der Waals surface area contributed by atoms with Crippen molar-refractivity contribution in [3.05, 3.63) is 0 Å². The quantitative estimate of drug-likeness (QED) is 0.173. The largest absolute Gasteiger partial charge is 0.416 e. The van der Waals surface area contributed by atoms with Crippen molar-refractivity contribution in [3.8, 4) is 0 Å². The smallest absolute Gasteiger partial charge is 0.220 e. The molecule has 0 radical (unpaired) electrons. The Hall–Kier alpha value is -0.353. The molecule has 0 fully saturated rings. The molecule has 0 rings (SSSR count). The van der Waals surface area contributed by atoms with Crippen LogP contribution in [0.4, 0.5) is 0 Å². The van der Waals surface area contributed by atoms with Gasteiger partial charge in [0, 0.05) is 13.0 Å². The Bertz CT molecular complexity index is 329. The van der Waals surface area contributed by atoms with Gasteiger partial charge in [-0.3, -0.25) is 4.79 Å². The summed E-state index contributed by atoms with van der Waals surface area (Å²) in [4.78, 5) is 11.7. The molecule has 1 N–H and O–H groups in total. The van der Waals surface area contributed by atoms with Crippen LogP contribution in [0.3, 0.4) is 0 Å². The number of nitrogens with one attached hydrogen (secondary N) is 1. The third-order valence-corrected chi connectivity index (χ3v) is 6.04. The third-order valence-electron chi connectivity index (χ3n) is 4.97. The van der Waals surface area contributed by atoms with E-state index in [1.54, 1.807) is 0 Å². The normalized spacial score (nSPS) is 11.7. The van der Waals surface area contributed by atoms with Gasteiger partial charge in [0.05, 0.1) is 6.61 Å². The second-order valence-electron chi connectivity index (χ2n) is 9.01. The Kier molecular flexibility index (Phi) is 18.7. The molecule has 27 heavy (non-hydrogen) atoms. The van der Waals surface area contributed by atoms with Crippen LogP contribution in [0.15, 0.2) is 0 Å². The summed E-state index contributed by atoms with van der Waals surface area (Å²) in [6.07, 6.45) is 21.1. The molecular weight excluding hydrogens is 350 g/mol. The highest BCUT2D eigenvalue weighted by Crippen LogP contribution is 2.13. The zero-order valence-corrected chi connectivity index (χ0v) is 20.0. The molecule has 0 aliphatic rings. The number of rotatable bonds is 20. The monoisotopic (exact) mass is 399 g/mol. The molecule has 162 valence electrons. The topological polar surface area (TPSA) is 38.3 Å². The van der Waals surface area contributed by atoms with Crippen LogP contribution in [0.1, 0.15) is 110 Å². The minimum absolute atomic E-state index is 0.184. The first-order valence-corrected chi connectivity index (χ1v) is 15.3. The van der Waals surface area contributed by atoms with Gasteiger partial charge in [-0.2, -0.15) is 0 Å². The predicted octanol–water partition coefficient (Wildman–Crippen LogP) is 7.22. The first-order chi connectivity index (χ1) is 13.0. The van der Waals surface area contributed by atoms with Gasteiger partial charge < -0.3 is 9.74 Å². The van der Waals surface area contributed by atoms with E-state index in [1.807, 2.05) is 0 Å². The van der Waals surface area contributed by atoms with E-state index in [2.05, 4.69) is 31.9 Å². The van der Waals surface area contributed by atoms with Crippen molar-refractivity contribution in [2.24, 2.45) is 0 Å². The first kappa shape index (κ1) is 26.6. The highest BCUT2D eigenvalue weighted by Gasteiger charge is 2.13. The maximum absolute atomic E-state index is 11.7. The van der Waals surface area contributed by atoms with Crippen molar-refractivity contribution in [3.63, 3.8) is 0 Å². The lowest BCUT2D eigenvalue weighted by atomic mass is 10.0. The molecule has 0 heterocycles. The molecule has 0 aliphatic carbocycles. The van der Waals surface area contributed by atoms with Gasteiger partial charge in [0.25, 0.3) is 0 Å². The Balaban J connectivity index is 3.17. The molecule has 3 nitrogen and oxygen atoms in total. The molecule has 0 bridgehead atoms. The molecule has 0 atom stereocenters. The first-order valence-electron chi connectivity index (χ1n) is 11.9. The minimum atomic E-state index is -1.44. The summed E-state index contributed by atoms with van der Waals surface area (Å²) in [6, 6.07) is 0. The van der Waals surface area contributed by atoms with Gasteiger partial charge in [-0.15, -0.1) is 0 Å². The van der Waals surface area contributed by atoms with Crippen molar-refractivity contribution in [1.82, 2.24) is 5.32 Å². The van der Waals surface area contributed by atoms with E-state index in [0.717, 1.165) is 6.42 Å². The Morgan fingerprint density at radius 1 is 0.704 bits per heavy atom. The van der Waals surface area contributed by atoms with Crippen LogP contribution in [-0.2, 0) is 9.22 Å². The third kappa shape index (κ3) is 23.6. The molecule has 0 aromatic heterocycles. The Morgan fingerprint density at radius 3 is 1.52 bits per heavy atom. The molecule has 0 unspecified atom stereocenters. The van der Waals surface area contributed by atoms with Crippen molar-refractivity contribution < 1.29 is 9.22 Å². The summed E-state index contributed by atoms with van der Waals surface area (Å²) < 4.78 is 5.73. The Morgan fingerprint density at radius 2 is 1.11 bits per heavy atom. The van der Waals surface area contributed by atoms with E-state index in [-0.39, 0.29) is 5.91 Å². The van der Waals surface area contributed by atoms with E-state index in [4.69, 9.17) is 4.43 Å². The van der Waals surface area contributed by atoms with Gasteiger partial charge >= 0.3 is 0 Å². The number of hydrogen-bond acceptors (Lipinski definition) is 2. The maximum Gasteiger partial charge on any atom is 0.220 e. The number of unbranched alkanes of at least 4 members (excludes halogenated alkanes) is 14. The zero-order chi connectivity index (χ0) is 20.2. The Labute approximate surface area is 171 Å². The SMILES string of the molecule is CCCCCCCCCCCCCCCCCC(=O)NCCO[Si](C)(C)C. The second-order valence-corrected chi connectivity index (χ2v) is 13.5. The minimum Gasteiger partial charge on any atom is -0.416 e. The molecule has 0 spiro atoms. The van der Waals surface area contributed by atoms with Crippen LogP contribution in [-0.4, -0.2) is 27.4 Å². The van der Waals surface area contributed by atoms with E-state index >= 15 is 0 Å². The second kappa shape index (κ2) is 19.0. The molecule has 0 aliphatic heterocycles. The molecule has 0 aromatic rings. The van der Waals surface area contributed by atoms with Gasteiger partial charge in [-0.05, 0) is 26.1 Å². The van der Waals surface area contributed by atoms with Crippen LogP contribution in [0.5, 0.6) is 0 Å². The van der Waals surface area contributed by atoms with Gasteiger partial charge in [-0.25, -0.2) is 0 Å². The van der Waals surface area contributed by atoms with Crippen molar-refractivity contribution >= 4 is 14.2 Å². The van der Waals surface area contributed by atoms with Gasteiger partial charge in [0.2, 0.25) is 5.91 Å². The van der Waals surface area contributed by atoms with Crippen LogP contribution >= 0.6 is 0 Å². The van der Waals surface area contributed by atoms with E-state index < -0.39 is 8.32 Å². The van der Waals surface area contributed by atoms with Gasteiger partial charge in [-0.1, -0.05) is 96.8 Å². The molecule has 4 heteroatoms. The lowest BCUT2D eigenvalue weighted by Crippen LogP contribution is -2.32. The van der Waals surface area contributed by atoms with Crippen LogP contribution in [0.25, 0.3) is 0 Å². The lowest BCUT2D eigenvalue weighted by molar-refractivity contribution is -0.121. The van der Waals surface area contributed by atoms with E-state index in [9.17, 15) is 4.79 Å². The maximum atomic E-state index is 11.7. The van der Waals surface area contributed by atoms with Gasteiger partial charge in [0.1, 0.15) is 0 Å². The molecule has 0 saturated carbocycles. The molecular formula is C23H49NO2Si. The van der Waals surface area contributed by atoms with Crippen LogP contribution < -0.4 is 5.32 Å². The van der Waals surface area contributed by atoms with Crippen molar-refractivity contribution in [2.45, 2.75) is 129 Å². The standard InChI is InChI=1S/C23H49NO2Si/c1-5-6-7-8-9-10-11-12-13-14-15-16-17-18-19-20-23(25)24-21-22-26-27(2,3)4/h5-22H2,1-4H3,(H,24,25). The number of carbonyl (C=O) groups is 1. The fourth-order valence-electron chi connectivity index (χ4n) is 3.29. The fraction of sp³-hybridized carbons (Fsp3) is 0.957. The number of hydrogen-bond donors (Lipinski definition) is 1. The molecule has 0 aromatic carbocycles. The average molecular weight is 400 g/mol. The zero-order valence-electron chi connectivity index (χ0n) is 19.0. The predicted molar refractivity (Wildman–Crippen MR) is 122 cm³/mol. The van der Waals surface area contributed by atoms with Crippen molar-refractivity contribution in [2.75, 3.05) is 13.2 Å². The molecule has 0 saturated heterocycles. The molecule has 1 amide bonds. The van der Waals surface area contributed by atoms with Crippen LogP contribution in [0.2, 0.25) is 19.6 Å². The average Bonchev–Trinajstić information content (AvgIpc) is 2.61. The summed E-state index contributed by atoms with van der Waals surface area (Å²) in [5, 5.41) is 2.96. The number of amides is 1. The fourth-order valence-corrected chi connectivity index (χ4v) is 4.01. The van der Waals surface area contributed by atoms with E-state index in [0.29, 0.717) is 19.6 Å².